The van der Waals surface area contributed by atoms with Crippen LogP contribution in [0.15, 0.2) is 42.6 Å². The van der Waals surface area contributed by atoms with Gasteiger partial charge in [-0.15, -0.1) is 17.0 Å². The van der Waals surface area contributed by atoms with Gasteiger partial charge in [-0.1, -0.05) is 24.3 Å². The van der Waals surface area contributed by atoms with Crippen molar-refractivity contribution in [1.82, 2.24) is 4.98 Å². The van der Waals surface area contributed by atoms with Crippen molar-refractivity contribution >= 4 is 34.8 Å². The molecule has 100 valence electrons. The average molecular weight is 319 g/mol. The van der Waals surface area contributed by atoms with Gasteiger partial charge in [-0.05, 0) is 42.3 Å². The maximum atomic E-state index is 4.19. The highest BCUT2D eigenvalue weighted by atomic mass is 79.9. The Kier molecular flexibility index (Phi) is 5.77. The number of hydrogen-bond acceptors (Lipinski definition) is 2. The van der Waals surface area contributed by atoms with Gasteiger partial charge in [0, 0.05) is 31.7 Å². The third-order valence-corrected chi connectivity index (χ3v) is 2.80. The molecule has 0 aliphatic heterocycles. The molecule has 1 aromatic heterocycles. The van der Waals surface area contributed by atoms with Crippen molar-refractivity contribution in [3.63, 3.8) is 0 Å². The van der Waals surface area contributed by atoms with Gasteiger partial charge in [-0.3, -0.25) is 4.98 Å². The van der Waals surface area contributed by atoms with E-state index in [1.54, 1.807) is 0 Å². The van der Waals surface area contributed by atoms with Crippen molar-refractivity contribution in [3.8, 4) is 0 Å². The Balaban J connectivity index is 0.00000180. The van der Waals surface area contributed by atoms with Crippen LogP contribution in [0, 0.1) is 6.92 Å². The van der Waals surface area contributed by atoms with Crippen molar-refractivity contribution in [1.29, 1.82) is 0 Å². The van der Waals surface area contributed by atoms with Gasteiger partial charge in [-0.25, -0.2) is 0 Å². The normalized spacial score (nSPS) is 10.3. The quantitative estimate of drug-likeness (QED) is 0.843. The molecule has 0 unspecified atom stereocenters. The average Bonchev–Trinajstić information content (AvgIpc) is 2.37. The minimum atomic E-state index is 0. The minimum Gasteiger partial charge on any atom is -0.378 e. The molecule has 0 aliphatic rings. The van der Waals surface area contributed by atoms with E-state index in [-0.39, 0.29) is 17.0 Å². The predicted octanol–water partition coefficient (Wildman–Crippen LogP) is 4.20. The van der Waals surface area contributed by atoms with Crippen molar-refractivity contribution in [2.75, 3.05) is 19.0 Å². The Morgan fingerprint density at radius 3 is 2.16 bits per heavy atom. The first-order valence-corrected chi connectivity index (χ1v) is 6.03. The zero-order valence-electron chi connectivity index (χ0n) is 11.5. The van der Waals surface area contributed by atoms with Crippen LogP contribution in [-0.2, 0) is 0 Å². The molecule has 0 saturated carbocycles. The molecule has 0 N–H and O–H groups in total. The van der Waals surface area contributed by atoms with Gasteiger partial charge in [0.1, 0.15) is 0 Å². The largest absolute Gasteiger partial charge is 0.378 e. The SMILES string of the molecule is Br.Cc1cc(C=Cc2ccc(N(C)C)cc2)ccn1. The van der Waals surface area contributed by atoms with Crippen molar-refractivity contribution < 1.29 is 0 Å². The van der Waals surface area contributed by atoms with E-state index in [0.717, 1.165) is 5.69 Å². The maximum absolute atomic E-state index is 4.19. The summed E-state index contributed by atoms with van der Waals surface area (Å²) in [7, 11) is 4.09. The fraction of sp³-hybridized carbons (Fsp3) is 0.188. The van der Waals surface area contributed by atoms with Gasteiger partial charge in [0.05, 0.1) is 0 Å². The molecule has 0 bridgehead atoms. The zero-order chi connectivity index (χ0) is 13.0. The zero-order valence-corrected chi connectivity index (χ0v) is 13.2. The highest BCUT2D eigenvalue weighted by Gasteiger charge is 1.94. The lowest BCUT2D eigenvalue weighted by Crippen LogP contribution is -2.07. The van der Waals surface area contributed by atoms with Crippen LogP contribution < -0.4 is 4.90 Å². The van der Waals surface area contributed by atoms with E-state index in [1.165, 1.54) is 16.8 Å². The third-order valence-electron chi connectivity index (χ3n) is 2.80. The number of halogens is 1. The molecular formula is C16H19BrN2. The molecule has 0 spiro atoms. The second-order valence-corrected chi connectivity index (χ2v) is 4.55. The number of aryl methyl sites for hydroxylation is 1. The van der Waals surface area contributed by atoms with E-state index >= 15 is 0 Å². The Morgan fingerprint density at radius 2 is 1.58 bits per heavy atom. The van der Waals surface area contributed by atoms with E-state index in [4.69, 9.17) is 0 Å². The predicted molar refractivity (Wildman–Crippen MR) is 89.0 cm³/mol. The van der Waals surface area contributed by atoms with E-state index in [9.17, 15) is 0 Å². The Hall–Kier alpha value is -1.61. The van der Waals surface area contributed by atoms with E-state index in [2.05, 4.69) is 52.4 Å². The number of anilines is 1. The monoisotopic (exact) mass is 318 g/mol. The lowest BCUT2D eigenvalue weighted by molar-refractivity contribution is 1.13. The number of pyridine rings is 1. The second-order valence-electron chi connectivity index (χ2n) is 4.55. The topological polar surface area (TPSA) is 16.1 Å². The Labute approximate surface area is 125 Å². The summed E-state index contributed by atoms with van der Waals surface area (Å²) in [6, 6.07) is 12.6. The summed E-state index contributed by atoms with van der Waals surface area (Å²) in [4.78, 5) is 6.28. The molecule has 1 heterocycles. The van der Waals surface area contributed by atoms with Gasteiger partial charge >= 0.3 is 0 Å². The molecule has 0 saturated heterocycles. The molecule has 2 rings (SSSR count). The Bertz CT molecular complexity index is 545. The van der Waals surface area contributed by atoms with Gasteiger partial charge in [0.15, 0.2) is 0 Å². The van der Waals surface area contributed by atoms with E-state index < -0.39 is 0 Å². The molecular weight excluding hydrogens is 300 g/mol. The van der Waals surface area contributed by atoms with Crippen LogP contribution in [0.5, 0.6) is 0 Å². The lowest BCUT2D eigenvalue weighted by atomic mass is 10.1. The molecule has 2 nitrogen and oxygen atoms in total. The summed E-state index contributed by atoms with van der Waals surface area (Å²) in [6.07, 6.45) is 6.07. The van der Waals surface area contributed by atoms with Crippen LogP contribution in [0.1, 0.15) is 16.8 Å². The molecule has 0 fully saturated rings. The number of nitrogens with zero attached hydrogens (tertiary/aromatic N) is 2. The summed E-state index contributed by atoms with van der Waals surface area (Å²) >= 11 is 0. The highest BCUT2D eigenvalue weighted by Crippen LogP contribution is 2.14. The standard InChI is InChI=1S/C16H18N2.BrH/c1-13-12-15(10-11-17-13)5-4-14-6-8-16(9-7-14)18(2)3;/h4-12H,1-3H3;1H. The molecule has 2 aromatic rings. The summed E-state index contributed by atoms with van der Waals surface area (Å²) in [5, 5.41) is 0. The third kappa shape index (κ3) is 4.52. The molecule has 0 amide bonds. The lowest BCUT2D eigenvalue weighted by Gasteiger charge is -2.11. The Morgan fingerprint density at radius 1 is 0.947 bits per heavy atom. The van der Waals surface area contributed by atoms with Gasteiger partial charge in [0.25, 0.3) is 0 Å². The number of rotatable bonds is 3. The van der Waals surface area contributed by atoms with Crippen molar-refractivity contribution in [2.24, 2.45) is 0 Å². The van der Waals surface area contributed by atoms with Crippen molar-refractivity contribution in [2.45, 2.75) is 6.92 Å². The smallest absolute Gasteiger partial charge is 0.0378 e. The number of aromatic nitrogens is 1. The first-order chi connectivity index (χ1) is 8.65. The summed E-state index contributed by atoms with van der Waals surface area (Å²) < 4.78 is 0. The van der Waals surface area contributed by atoms with Crippen LogP contribution in [-0.4, -0.2) is 19.1 Å². The van der Waals surface area contributed by atoms with Crippen LogP contribution in [0.3, 0.4) is 0 Å². The molecule has 3 heteroatoms. The second kappa shape index (κ2) is 7.10. The molecule has 0 aliphatic carbocycles. The maximum Gasteiger partial charge on any atom is 0.0378 e. The number of hydrogen-bond donors (Lipinski definition) is 0. The summed E-state index contributed by atoms with van der Waals surface area (Å²) in [6.45, 7) is 2.00. The van der Waals surface area contributed by atoms with Gasteiger partial charge in [0.2, 0.25) is 0 Å². The molecule has 0 atom stereocenters. The minimum absolute atomic E-state index is 0. The summed E-state index contributed by atoms with van der Waals surface area (Å²) in [5.74, 6) is 0. The molecule has 19 heavy (non-hydrogen) atoms. The van der Waals surface area contributed by atoms with E-state index in [1.807, 2.05) is 33.3 Å². The van der Waals surface area contributed by atoms with E-state index in [0.29, 0.717) is 0 Å². The number of benzene rings is 1. The van der Waals surface area contributed by atoms with Crippen LogP contribution in [0.25, 0.3) is 12.2 Å². The first-order valence-electron chi connectivity index (χ1n) is 6.03. The first kappa shape index (κ1) is 15.4. The van der Waals surface area contributed by atoms with Crippen LogP contribution >= 0.6 is 17.0 Å². The summed E-state index contributed by atoms with van der Waals surface area (Å²) in [5.41, 5.74) is 4.64. The highest BCUT2D eigenvalue weighted by molar-refractivity contribution is 8.93. The fourth-order valence-electron chi connectivity index (χ4n) is 1.75. The van der Waals surface area contributed by atoms with Crippen LogP contribution in [0.2, 0.25) is 0 Å². The molecule has 0 radical (unpaired) electrons. The molecule has 1 aromatic carbocycles. The van der Waals surface area contributed by atoms with Crippen molar-refractivity contribution in [3.05, 3.63) is 59.4 Å². The van der Waals surface area contributed by atoms with Gasteiger partial charge in [-0.2, -0.15) is 0 Å². The van der Waals surface area contributed by atoms with Crippen LogP contribution in [0.4, 0.5) is 5.69 Å². The van der Waals surface area contributed by atoms with Gasteiger partial charge < -0.3 is 4.90 Å². The fourth-order valence-corrected chi connectivity index (χ4v) is 1.75.